The fourth-order valence-corrected chi connectivity index (χ4v) is 12.7. The number of unbranched alkanes of at least 4 members (excludes halogenated alkanes) is 12. The second-order valence-electron chi connectivity index (χ2n) is 22.8. The molecule has 0 aliphatic carbocycles. The van der Waals surface area contributed by atoms with Crippen molar-refractivity contribution < 1.29 is 81.7 Å². The summed E-state index contributed by atoms with van der Waals surface area (Å²) in [4.78, 5) is 58.9. The van der Waals surface area contributed by atoms with E-state index in [0.717, 1.165) is 0 Å². The molecule has 83 heavy (non-hydrogen) atoms. The standard InChI is InChI=1S/3C16H36N.C10H13N5O4.H5O10P3/c3*1-5-9-13-17(14-10-6-2,15-11-7-3)16-12-8-4;11-8-5-9(13-2-12-8)15(3-14-5)10-7(18)6(17)4(1-16)19-10;1-11(2,3)9-13(7,8)10-12(4,5)6/h3*5-16H2,1-4H3;2-4,6-7,10,16-18H,1H2,(H2,11,12,13);(H,7,8)(H2,1,2,3)(H2,4,5,6)/q3*+1;;/p-3/t;;;4-,6-,7-,10-;/m...1./s1. The second-order valence-corrected chi connectivity index (χ2v) is 26.8. The highest BCUT2D eigenvalue weighted by Crippen LogP contribution is 2.58. The lowest BCUT2D eigenvalue weighted by Gasteiger charge is -2.39. The van der Waals surface area contributed by atoms with E-state index in [1.54, 1.807) is 0 Å². The van der Waals surface area contributed by atoms with Gasteiger partial charge < -0.3 is 68.3 Å². The molecule has 2 aromatic rings. The van der Waals surface area contributed by atoms with E-state index in [-0.39, 0.29) is 7.24 Å². The Morgan fingerprint density at radius 3 is 1.04 bits per heavy atom. The number of aliphatic hydroxyl groups is 3. The maximum Gasteiger partial charge on any atom is 1.00 e. The molecule has 25 heteroatoms. The fourth-order valence-electron chi connectivity index (χ4n) is 10.4. The SMILES string of the molecule is CCCC[N+](CCCC)(CCCC)CCCC.CCCC[N+](CCCC)(CCCC)CCCC.CCCC[N+](CCCC)(CCCC)CCCC.Nc1ncnc2c1ncn2[C@@H]1O[C@H](CO)[C@@H](O)[C@H]1O.O=P([O-])([O-])OP(=O)([O-])OP(=O)([O-])O.[H+]. The van der Waals surface area contributed by atoms with Crippen LogP contribution in [0.5, 0.6) is 0 Å². The zero-order valence-electron chi connectivity index (χ0n) is 55.0. The topological polar surface area (TPSA) is 322 Å². The van der Waals surface area contributed by atoms with Crippen LogP contribution in [-0.4, -0.2) is 157 Å². The van der Waals surface area contributed by atoms with Crippen LogP contribution >= 0.6 is 23.5 Å². The van der Waals surface area contributed by atoms with E-state index in [1.165, 1.54) is 263 Å². The summed E-state index contributed by atoms with van der Waals surface area (Å²) in [5, 5.41) is 28.7. The van der Waals surface area contributed by atoms with E-state index in [1.807, 2.05) is 0 Å². The summed E-state index contributed by atoms with van der Waals surface area (Å²) in [5.74, 6) is 0.218. The van der Waals surface area contributed by atoms with Gasteiger partial charge in [-0.25, -0.2) is 19.3 Å². The van der Waals surface area contributed by atoms with Gasteiger partial charge in [0, 0.05) is 0 Å². The van der Waals surface area contributed by atoms with Gasteiger partial charge in [-0.3, -0.25) is 18.0 Å². The number of aromatic nitrogens is 4. The summed E-state index contributed by atoms with van der Waals surface area (Å²) in [6.07, 6.45) is 31.8. The minimum Gasteiger partial charge on any atom is -0.790 e. The van der Waals surface area contributed by atoms with Crippen LogP contribution in [-0.2, 0) is 27.1 Å². The lowest BCUT2D eigenvalue weighted by Crippen LogP contribution is -2.50. The Kier molecular flexibility index (Phi) is 47.8. The monoisotopic (exact) mass is 1250 g/mol. The van der Waals surface area contributed by atoms with Gasteiger partial charge in [0.1, 0.15) is 30.2 Å². The molecule has 3 heterocycles. The van der Waals surface area contributed by atoms with Gasteiger partial charge in [-0.1, -0.05) is 160 Å². The number of fused-ring (bicyclic) bond motifs is 1. The number of quaternary nitrogens is 3. The molecule has 22 nitrogen and oxygen atoms in total. The van der Waals surface area contributed by atoms with E-state index in [0.29, 0.717) is 11.2 Å². The van der Waals surface area contributed by atoms with Crippen molar-refractivity contribution >= 4 is 40.4 Å². The quantitative estimate of drug-likeness (QED) is 0.0305. The molecule has 0 bridgehead atoms. The van der Waals surface area contributed by atoms with Crippen LogP contribution in [0.1, 0.15) is 245 Å². The summed E-state index contributed by atoms with van der Waals surface area (Å²) in [6.45, 7) is 44.7. The number of nitrogens with zero attached hydrogens (tertiary/aromatic N) is 7. The smallest absolute Gasteiger partial charge is 0.790 e. The van der Waals surface area contributed by atoms with Gasteiger partial charge in [-0.05, 0) is 77.0 Å². The van der Waals surface area contributed by atoms with Crippen LogP contribution in [0.25, 0.3) is 11.2 Å². The molecule has 1 saturated heterocycles. The third kappa shape index (κ3) is 37.2. The van der Waals surface area contributed by atoms with E-state index in [4.69, 9.17) is 20.5 Å². The number of ether oxygens (including phenoxy) is 1. The van der Waals surface area contributed by atoms with E-state index in [2.05, 4.69) is 107 Å². The number of rotatable bonds is 42. The number of nitrogen functional groups attached to an aromatic ring is 1. The van der Waals surface area contributed by atoms with Crippen molar-refractivity contribution in [2.75, 3.05) is 90.9 Å². The zero-order valence-corrected chi connectivity index (χ0v) is 56.7. The molecule has 1 aliphatic rings. The van der Waals surface area contributed by atoms with E-state index in [9.17, 15) is 43.5 Å². The molecule has 0 saturated carbocycles. The lowest BCUT2D eigenvalue weighted by atomic mass is 10.1. The average Bonchev–Trinajstić information content (AvgIpc) is 3.26. The Bertz CT molecular complexity index is 1800. The van der Waals surface area contributed by atoms with Gasteiger partial charge in [-0.15, -0.1) is 0 Å². The van der Waals surface area contributed by atoms with Crippen molar-refractivity contribution in [2.24, 2.45) is 0 Å². The molecule has 0 spiro atoms. The molecule has 2 unspecified atom stereocenters. The van der Waals surface area contributed by atoms with Gasteiger partial charge in [0.05, 0.1) is 99.3 Å². The van der Waals surface area contributed by atoms with Crippen LogP contribution in [0.15, 0.2) is 12.7 Å². The number of imidazole rings is 1. The van der Waals surface area contributed by atoms with Gasteiger partial charge in [0.2, 0.25) is 0 Å². The Labute approximate surface area is 505 Å². The third-order valence-electron chi connectivity index (χ3n) is 15.4. The largest absolute Gasteiger partial charge is 1.00 e. The number of nitrogens with two attached hydrogens (primary N) is 1. The van der Waals surface area contributed by atoms with Gasteiger partial charge in [0.15, 0.2) is 17.7 Å². The van der Waals surface area contributed by atoms with Gasteiger partial charge in [0.25, 0.3) is 15.6 Å². The summed E-state index contributed by atoms with van der Waals surface area (Å²) in [7, 11) is -17.6. The molecule has 0 radical (unpaired) electrons. The third-order valence-corrected chi connectivity index (χ3v) is 18.6. The number of hydrogen-bond donors (Lipinski definition) is 5. The maximum atomic E-state index is 10.1. The van der Waals surface area contributed by atoms with Crippen LogP contribution in [0.4, 0.5) is 5.82 Å². The number of aliphatic hydroxyl groups excluding tert-OH is 3. The van der Waals surface area contributed by atoms with Gasteiger partial charge >= 0.3 is 1.43 Å². The van der Waals surface area contributed by atoms with Crippen molar-refractivity contribution in [3.63, 3.8) is 0 Å². The first kappa shape index (κ1) is 83.5. The van der Waals surface area contributed by atoms with Crippen molar-refractivity contribution in [3.8, 4) is 0 Å². The summed E-state index contributed by atoms with van der Waals surface area (Å²) >= 11 is 0. The highest BCUT2D eigenvalue weighted by molar-refractivity contribution is 7.64. The Morgan fingerprint density at radius 2 is 0.807 bits per heavy atom. The highest BCUT2D eigenvalue weighted by Gasteiger charge is 2.44. The molecule has 0 aromatic carbocycles. The van der Waals surface area contributed by atoms with Crippen LogP contribution in [0.3, 0.4) is 0 Å². The summed E-state index contributed by atoms with van der Waals surface area (Å²) in [6, 6.07) is 0. The molecule has 0 amide bonds. The first-order valence-electron chi connectivity index (χ1n) is 32.2. The molecule has 3 rings (SSSR count). The molecule has 6 N–H and O–H groups in total. The predicted octanol–water partition coefficient (Wildman–Crippen LogP) is 9.92. The predicted molar refractivity (Wildman–Crippen MR) is 329 cm³/mol. The zero-order chi connectivity index (χ0) is 63.4. The Hall–Kier alpha value is -1.52. The molecule has 1 fully saturated rings. The van der Waals surface area contributed by atoms with Crippen molar-refractivity contribution in [1.82, 2.24) is 19.5 Å². The second kappa shape index (κ2) is 47.5. The van der Waals surface area contributed by atoms with Crippen LogP contribution in [0.2, 0.25) is 0 Å². The molecule has 6 atom stereocenters. The Morgan fingerprint density at radius 1 is 0.518 bits per heavy atom. The average molecular weight is 1250 g/mol. The van der Waals surface area contributed by atoms with Crippen molar-refractivity contribution in [3.05, 3.63) is 12.7 Å². The van der Waals surface area contributed by atoms with Crippen LogP contribution < -0.4 is 25.3 Å². The van der Waals surface area contributed by atoms with Crippen molar-refractivity contribution in [2.45, 2.75) is 262 Å². The van der Waals surface area contributed by atoms with Crippen LogP contribution in [0, 0.1) is 0 Å². The van der Waals surface area contributed by atoms with E-state index < -0.39 is 54.6 Å². The fraction of sp³-hybridized carbons (Fsp3) is 0.914. The first-order valence-corrected chi connectivity index (χ1v) is 36.6. The highest BCUT2D eigenvalue weighted by atomic mass is 31.3. The Balaban J connectivity index is -0.000000979. The molecule has 494 valence electrons. The number of hydrogen-bond acceptors (Lipinski definition) is 17. The summed E-state index contributed by atoms with van der Waals surface area (Å²) in [5.41, 5.74) is 6.44. The minimum absolute atomic E-state index is 0. The molecular formula is C58H123N8O14P3. The normalized spacial score (nSPS) is 17.9. The summed E-state index contributed by atoms with van der Waals surface area (Å²) < 4.78 is 46.1. The minimum atomic E-state index is -5.95. The molecular weight excluding hydrogens is 1130 g/mol. The number of phosphoric acid groups is 3. The molecule has 1 aliphatic heterocycles. The molecule has 2 aromatic heterocycles. The lowest BCUT2D eigenvalue weighted by molar-refractivity contribution is -0.929. The maximum absolute atomic E-state index is 10.1. The first-order chi connectivity index (χ1) is 39.3. The van der Waals surface area contributed by atoms with Gasteiger partial charge in [-0.2, -0.15) is 0 Å². The number of anilines is 1. The van der Waals surface area contributed by atoms with E-state index >= 15 is 0 Å². The van der Waals surface area contributed by atoms with Crippen molar-refractivity contribution in [1.29, 1.82) is 0 Å².